The molecule has 25 heavy (non-hydrogen) atoms. The molecule has 0 fully saturated rings. The number of hydrogen-bond acceptors (Lipinski definition) is 6. The minimum atomic E-state index is -0.0597. The van der Waals surface area contributed by atoms with Crippen molar-refractivity contribution in [2.24, 2.45) is 0 Å². The molecule has 0 unspecified atom stereocenters. The van der Waals surface area contributed by atoms with Gasteiger partial charge in [-0.1, -0.05) is 17.4 Å². The van der Waals surface area contributed by atoms with Crippen LogP contribution >= 0.6 is 34.4 Å². The van der Waals surface area contributed by atoms with Crippen LogP contribution in [0.25, 0.3) is 10.2 Å². The molecule has 4 rings (SSSR count). The van der Waals surface area contributed by atoms with Crippen LogP contribution in [0, 0.1) is 0 Å². The van der Waals surface area contributed by atoms with Gasteiger partial charge in [0.05, 0.1) is 27.9 Å². The van der Waals surface area contributed by atoms with E-state index in [1.807, 2.05) is 42.0 Å². The number of thioether (sulfide) groups is 1. The number of anilines is 1. The lowest BCUT2D eigenvalue weighted by molar-refractivity contribution is 0.0987. The standard InChI is InChI=1S/C18H14N2O2S3/c1-23-13-6-7-14-16(10-13)25-18(19-14)20(11-12-4-2-8-22-12)17(21)15-5-3-9-24-15/h2-10H,11H2,1H3. The van der Waals surface area contributed by atoms with E-state index in [1.165, 1.54) is 27.6 Å². The first kappa shape index (κ1) is 16.4. The maximum Gasteiger partial charge on any atom is 0.270 e. The molecular formula is C18H14N2O2S3. The van der Waals surface area contributed by atoms with Gasteiger partial charge in [0.2, 0.25) is 0 Å². The van der Waals surface area contributed by atoms with E-state index in [0.29, 0.717) is 16.6 Å². The fraction of sp³-hybridized carbons (Fsp3) is 0.111. The molecule has 3 heterocycles. The Hall–Kier alpha value is -2.09. The Balaban J connectivity index is 1.75. The number of furan rings is 1. The van der Waals surface area contributed by atoms with E-state index in [0.717, 1.165) is 16.0 Å². The maximum absolute atomic E-state index is 13.0. The van der Waals surface area contributed by atoms with E-state index in [4.69, 9.17) is 4.42 Å². The van der Waals surface area contributed by atoms with Crippen LogP contribution in [0.15, 0.2) is 63.4 Å². The molecule has 0 aliphatic rings. The molecule has 0 atom stereocenters. The zero-order valence-electron chi connectivity index (χ0n) is 13.3. The molecular weight excluding hydrogens is 372 g/mol. The van der Waals surface area contributed by atoms with Gasteiger partial charge >= 0.3 is 0 Å². The van der Waals surface area contributed by atoms with Crippen molar-refractivity contribution in [2.75, 3.05) is 11.2 Å². The average Bonchev–Trinajstić information content (AvgIpc) is 3.39. The topological polar surface area (TPSA) is 46.3 Å². The number of carbonyl (C=O) groups excluding carboxylic acids is 1. The summed E-state index contributed by atoms with van der Waals surface area (Å²) in [5, 5.41) is 2.59. The van der Waals surface area contributed by atoms with Gasteiger partial charge < -0.3 is 4.42 Å². The summed E-state index contributed by atoms with van der Waals surface area (Å²) in [6.07, 6.45) is 3.67. The van der Waals surface area contributed by atoms with Gasteiger partial charge in [-0.15, -0.1) is 23.1 Å². The highest BCUT2D eigenvalue weighted by atomic mass is 32.2. The second-order valence-electron chi connectivity index (χ2n) is 5.28. The highest BCUT2D eigenvalue weighted by Gasteiger charge is 2.23. The zero-order valence-corrected chi connectivity index (χ0v) is 15.8. The lowest BCUT2D eigenvalue weighted by Crippen LogP contribution is -2.29. The molecule has 126 valence electrons. The second kappa shape index (κ2) is 7.03. The van der Waals surface area contributed by atoms with Gasteiger partial charge in [-0.2, -0.15) is 0 Å². The number of carbonyl (C=O) groups is 1. The van der Waals surface area contributed by atoms with Crippen molar-refractivity contribution in [1.82, 2.24) is 4.98 Å². The van der Waals surface area contributed by atoms with Crippen molar-refractivity contribution >= 4 is 55.7 Å². The molecule has 0 spiro atoms. The number of nitrogens with zero attached hydrogens (tertiary/aromatic N) is 2. The third kappa shape index (κ3) is 3.35. The SMILES string of the molecule is CSc1ccc2nc(N(Cc3ccco3)C(=O)c3cccs3)sc2c1. The summed E-state index contributed by atoms with van der Waals surface area (Å²) in [6.45, 7) is 0.360. The van der Waals surface area contributed by atoms with Gasteiger partial charge in [-0.3, -0.25) is 9.69 Å². The van der Waals surface area contributed by atoms with E-state index < -0.39 is 0 Å². The molecule has 3 aromatic heterocycles. The lowest BCUT2D eigenvalue weighted by Gasteiger charge is -2.17. The van der Waals surface area contributed by atoms with Gasteiger partial charge in [-0.25, -0.2) is 4.98 Å². The summed E-state index contributed by atoms with van der Waals surface area (Å²) in [6, 6.07) is 13.6. The predicted molar refractivity (Wildman–Crippen MR) is 105 cm³/mol. The van der Waals surface area contributed by atoms with E-state index in [9.17, 15) is 4.79 Å². The summed E-state index contributed by atoms with van der Waals surface area (Å²) in [5.41, 5.74) is 0.904. The number of aromatic nitrogens is 1. The van der Waals surface area contributed by atoms with Crippen molar-refractivity contribution in [3.63, 3.8) is 0 Å². The number of amides is 1. The molecule has 0 saturated carbocycles. The van der Waals surface area contributed by atoms with Gasteiger partial charge in [0.1, 0.15) is 5.76 Å². The summed E-state index contributed by atoms with van der Waals surface area (Å²) in [4.78, 5) is 21.2. The fourth-order valence-corrected chi connectivity index (χ4v) is 4.64. The van der Waals surface area contributed by atoms with Crippen LogP contribution < -0.4 is 4.90 Å². The van der Waals surface area contributed by atoms with E-state index >= 15 is 0 Å². The maximum atomic E-state index is 13.0. The van der Waals surface area contributed by atoms with Crippen LogP contribution in [-0.2, 0) is 6.54 Å². The molecule has 4 aromatic rings. The second-order valence-corrected chi connectivity index (χ2v) is 8.11. The first-order chi connectivity index (χ1) is 12.2. The van der Waals surface area contributed by atoms with Gasteiger partial charge in [-0.05, 0) is 48.0 Å². The summed E-state index contributed by atoms with van der Waals surface area (Å²) in [5.74, 6) is 0.671. The van der Waals surface area contributed by atoms with Crippen molar-refractivity contribution in [2.45, 2.75) is 11.4 Å². The first-order valence-corrected chi connectivity index (χ1v) is 10.5. The average molecular weight is 387 g/mol. The smallest absolute Gasteiger partial charge is 0.270 e. The zero-order chi connectivity index (χ0) is 17.2. The Kier molecular flexibility index (Phi) is 4.61. The van der Waals surface area contributed by atoms with Crippen molar-refractivity contribution < 1.29 is 9.21 Å². The van der Waals surface area contributed by atoms with Gasteiger partial charge in [0, 0.05) is 4.90 Å². The number of thiophene rings is 1. The molecule has 4 nitrogen and oxygen atoms in total. The van der Waals surface area contributed by atoms with Crippen LogP contribution in [0.1, 0.15) is 15.4 Å². The highest BCUT2D eigenvalue weighted by Crippen LogP contribution is 2.33. The minimum Gasteiger partial charge on any atom is -0.467 e. The third-order valence-corrected chi connectivity index (χ3v) is 6.31. The number of hydrogen-bond donors (Lipinski definition) is 0. The van der Waals surface area contributed by atoms with Crippen molar-refractivity contribution in [1.29, 1.82) is 0 Å². The molecule has 0 radical (unpaired) electrons. The van der Waals surface area contributed by atoms with Crippen LogP contribution in [0.5, 0.6) is 0 Å². The molecule has 0 aliphatic carbocycles. The van der Waals surface area contributed by atoms with Crippen LogP contribution in [0.3, 0.4) is 0 Å². The highest BCUT2D eigenvalue weighted by molar-refractivity contribution is 7.98. The van der Waals surface area contributed by atoms with Crippen LogP contribution in [0.4, 0.5) is 5.13 Å². The molecule has 1 amide bonds. The van der Waals surface area contributed by atoms with E-state index in [2.05, 4.69) is 17.1 Å². The fourth-order valence-electron chi connectivity index (χ4n) is 2.45. The minimum absolute atomic E-state index is 0.0597. The summed E-state index contributed by atoms with van der Waals surface area (Å²) in [7, 11) is 0. The molecule has 1 aromatic carbocycles. The first-order valence-electron chi connectivity index (χ1n) is 7.57. The number of thiazole rings is 1. The molecule has 0 bridgehead atoms. The number of rotatable bonds is 5. The largest absolute Gasteiger partial charge is 0.467 e. The normalized spacial score (nSPS) is 11.1. The quantitative estimate of drug-likeness (QED) is 0.424. The lowest BCUT2D eigenvalue weighted by atomic mass is 10.3. The van der Waals surface area contributed by atoms with Crippen molar-refractivity contribution in [3.8, 4) is 0 Å². The Labute approximate surface area is 157 Å². The molecule has 0 N–H and O–H groups in total. The Morgan fingerprint density at radius 3 is 2.92 bits per heavy atom. The Morgan fingerprint density at radius 1 is 1.28 bits per heavy atom. The van der Waals surface area contributed by atoms with E-state index in [-0.39, 0.29) is 5.91 Å². The van der Waals surface area contributed by atoms with Crippen LogP contribution in [0.2, 0.25) is 0 Å². The Morgan fingerprint density at radius 2 is 2.20 bits per heavy atom. The van der Waals surface area contributed by atoms with Crippen LogP contribution in [-0.4, -0.2) is 17.1 Å². The van der Waals surface area contributed by atoms with E-state index in [1.54, 1.807) is 22.9 Å². The number of fused-ring (bicyclic) bond motifs is 1. The molecule has 0 aliphatic heterocycles. The summed E-state index contributed by atoms with van der Waals surface area (Å²) >= 11 is 4.65. The number of benzene rings is 1. The monoisotopic (exact) mass is 386 g/mol. The van der Waals surface area contributed by atoms with Crippen molar-refractivity contribution in [3.05, 3.63) is 64.7 Å². The third-order valence-electron chi connectivity index (χ3n) is 3.69. The summed E-state index contributed by atoms with van der Waals surface area (Å²) < 4.78 is 6.52. The van der Waals surface area contributed by atoms with Gasteiger partial charge in [0.15, 0.2) is 5.13 Å². The predicted octanol–water partition coefficient (Wildman–Crippen LogP) is 5.52. The Bertz CT molecular complexity index is 991. The van der Waals surface area contributed by atoms with Gasteiger partial charge in [0.25, 0.3) is 5.91 Å². The molecule has 7 heteroatoms. The molecule has 0 saturated heterocycles.